The van der Waals surface area contributed by atoms with Gasteiger partial charge < -0.3 is 9.30 Å². The van der Waals surface area contributed by atoms with Gasteiger partial charge in [-0.15, -0.1) is 0 Å². The van der Waals surface area contributed by atoms with Gasteiger partial charge in [0.1, 0.15) is 11.5 Å². The molecule has 1 heterocycles. The third-order valence-corrected chi connectivity index (χ3v) is 2.83. The van der Waals surface area contributed by atoms with E-state index < -0.39 is 5.97 Å². The Labute approximate surface area is 104 Å². The van der Waals surface area contributed by atoms with Crippen molar-refractivity contribution in [3.8, 4) is 0 Å². The molecule has 94 valence electrons. The number of benzene rings is 1. The number of ether oxygens (including phenoxy) is 1. The predicted octanol–water partition coefficient (Wildman–Crippen LogP) is 2.42. The molecular formula is C13H13FN2O2. The topological polar surface area (TPSA) is 44.1 Å². The highest BCUT2D eigenvalue weighted by molar-refractivity contribution is 5.87. The van der Waals surface area contributed by atoms with Crippen LogP contribution in [0.15, 0.2) is 36.8 Å². The van der Waals surface area contributed by atoms with Crippen molar-refractivity contribution in [2.24, 2.45) is 0 Å². The van der Waals surface area contributed by atoms with E-state index in [0.29, 0.717) is 5.69 Å². The van der Waals surface area contributed by atoms with Crippen molar-refractivity contribution in [3.63, 3.8) is 0 Å². The van der Waals surface area contributed by atoms with Gasteiger partial charge in [-0.05, 0) is 24.6 Å². The molecule has 0 N–H and O–H groups in total. The number of hydrogen-bond acceptors (Lipinski definition) is 3. The number of carbonyl (C=O) groups excluding carboxylic acids is 1. The molecular weight excluding hydrogens is 235 g/mol. The van der Waals surface area contributed by atoms with E-state index in [2.05, 4.69) is 9.72 Å². The molecule has 0 aliphatic heterocycles. The zero-order valence-electron chi connectivity index (χ0n) is 10.1. The van der Waals surface area contributed by atoms with E-state index in [1.54, 1.807) is 23.0 Å². The van der Waals surface area contributed by atoms with Crippen molar-refractivity contribution in [1.82, 2.24) is 9.55 Å². The van der Waals surface area contributed by atoms with E-state index in [1.165, 1.54) is 25.4 Å². The lowest BCUT2D eigenvalue weighted by Gasteiger charge is -2.15. The van der Waals surface area contributed by atoms with Gasteiger partial charge in [-0.25, -0.2) is 14.2 Å². The first kappa shape index (κ1) is 12.3. The maximum atomic E-state index is 12.9. The third kappa shape index (κ3) is 2.25. The number of methoxy groups -OCH3 is 1. The Morgan fingerprint density at radius 2 is 2.06 bits per heavy atom. The molecule has 0 saturated heterocycles. The molecule has 1 aromatic carbocycles. The van der Waals surface area contributed by atoms with Gasteiger partial charge in [0.05, 0.1) is 25.7 Å². The summed E-state index contributed by atoms with van der Waals surface area (Å²) in [7, 11) is 1.32. The average Bonchev–Trinajstić information content (AvgIpc) is 2.87. The molecule has 0 fully saturated rings. The maximum Gasteiger partial charge on any atom is 0.356 e. The Morgan fingerprint density at radius 3 is 2.67 bits per heavy atom. The third-order valence-electron chi connectivity index (χ3n) is 2.83. The van der Waals surface area contributed by atoms with Crippen molar-refractivity contribution in [2.75, 3.05) is 7.11 Å². The van der Waals surface area contributed by atoms with Gasteiger partial charge in [0.15, 0.2) is 0 Å². The Hall–Kier alpha value is -2.17. The van der Waals surface area contributed by atoms with Gasteiger partial charge in [0.25, 0.3) is 0 Å². The van der Waals surface area contributed by atoms with E-state index in [4.69, 9.17) is 0 Å². The van der Waals surface area contributed by atoms with Crippen molar-refractivity contribution >= 4 is 5.97 Å². The molecule has 0 aliphatic rings. The van der Waals surface area contributed by atoms with Crippen LogP contribution in [0.4, 0.5) is 4.39 Å². The molecule has 0 radical (unpaired) electrons. The lowest BCUT2D eigenvalue weighted by molar-refractivity contribution is 0.0587. The minimum absolute atomic E-state index is 0.123. The molecule has 0 saturated carbocycles. The summed E-state index contributed by atoms with van der Waals surface area (Å²) in [6.45, 7) is 1.90. The lowest BCUT2D eigenvalue weighted by atomic mass is 10.1. The van der Waals surface area contributed by atoms with Crippen LogP contribution in [-0.4, -0.2) is 22.6 Å². The fraction of sp³-hybridized carbons (Fsp3) is 0.231. The molecule has 0 aliphatic carbocycles. The summed E-state index contributed by atoms with van der Waals surface area (Å²) in [5.74, 6) is -0.730. The van der Waals surface area contributed by atoms with E-state index in [1.807, 2.05) is 6.92 Å². The second-order valence-electron chi connectivity index (χ2n) is 3.91. The quantitative estimate of drug-likeness (QED) is 0.783. The molecule has 1 atom stereocenters. The van der Waals surface area contributed by atoms with Crippen LogP contribution in [0.3, 0.4) is 0 Å². The van der Waals surface area contributed by atoms with Crippen LogP contribution in [0.2, 0.25) is 0 Å². The van der Waals surface area contributed by atoms with Gasteiger partial charge in [-0.3, -0.25) is 0 Å². The van der Waals surface area contributed by atoms with E-state index >= 15 is 0 Å². The van der Waals surface area contributed by atoms with Crippen LogP contribution < -0.4 is 0 Å². The van der Waals surface area contributed by atoms with E-state index in [9.17, 15) is 9.18 Å². The van der Waals surface area contributed by atoms with Gasteiger partial charge >= 0.3 is 5.97 Å². The predicted molar refractivity (Wildman–Crippen MR) is 63.8 cm³/mol. The molecule has 5 heteroatoms. The summed E-state index contributed by atoms with van der Waals surface area (Å²) in [6.07, 6.45) is 3.01. The number of rotatable bonds is 3. The Morgan fingerprint density at radius 1 is 1.39 bits per heavy atom. The SMILES string of the molecule is COC(=O)c1cncn1[C@H](C)c1ccc(F)cc1. The summed E-state index contributed by atoms with van der Waals surface area (Å²) in [5.41, 5.74) is 1.26. The second kappa shape index (κ2) is 5.00. The molecule has 18 heavy (non-hydrogen) atoms. The summed E-state index contributed by atoms with van der Waals surface area (Å²) in [6, 6.07) is 6.02. The summed E-state index contributed by atoms with van der Waals surface area (Å²) < 4.78 is 19.2. The normalized spacial score (nSPS) is 12.2. The van der Waals surface area contributed by atoms with Crippen LogP contribution in [0.1, 0.15) is 29.0 Å². The number of hydrogen-bond donors (Lipinski definition) is 0. The first-order valence-electron chi connectivity index (χ1n) is 5.49. The Balaban J connectivity index is 2.34. The van der Waals surface area contributed by atoms with Crippen molar-refractivity contribution in [3.05, 3.63) is 53.9 Å². The van der Waals surface area contributed by atoms with Crippen LogP contribution in [0.25, 0.3) is 0 Å². The van der Waals surface area contributed by atoms with Gasteiger partial charge in [0, 0.05) is 0 Å². The largest absolute Gasteiger partial charge is 0.464 e. The molecule has 0 unspecified atom stereocenters. The lowest BCUT2D eigenvalue weighted by Crippen LogP contribution is -2.14. The average molecular weight is 248 g/mol. The fourth-order valence-electron chi connectivity index (χ4n) is 1.78. The molecule has 1 aromatic heterocycles. The maximum absolute atomic E-state index is 12.9. The summed E-state index contributed by atoms with van der Waals surface area (Å²) in [5, 5.41) is 0. The minimum atomic E-state index is -0.443. The molecule has 0 amide bonds. The number of imidazole rings is 1. The number of halogens is 1. The van der Waals surface area contributed by atoms with E-state index in [-0.39, 0.29) is 11.9 Å². The van der Waals surface area contributed by atoms with Gasteiger partial charge in [-0.2, -0.15) is 0 Å². The molecule has 0 bridgehead atoms. The summed E-state index contributed by atoms with van der Waals surface area (Å²) >= 11 is 0. The molecule has 0 spiro atoms. The van der Waals surface area contributed by atoms with Crippen molar-refractivity contribution in [1.29, 1.82) is 0 Å². The first-order valence-corrected chi connectivity index (χ1v) is 5.49. The van der Waals surface area contributed by atoms with Crippen molar-refractivity contribution < 1.29 is 13.9 Å². The minimum Gasteiger partial charge on any atom is -0.464 e. The van der Waals surface area contributed by atoms with Crippen LogP contribution in [-0.2, 0) is 4.74 Å². The smallest absolute Gasteiger partial charge is 0.356 e. The van der Waals surface area contributed by atoms with Gasteiger partial charge in [0.2, 0.25) is 0 Å². The number of carbonyl (C=O) groups is 1. The second-order valence-corrected chi connectivity index (χ2v) is 3.91. The monoisotopic (exact) mass is 248 g/mol. The number of esters is 1. The first-order chi connectivity index (χ1) is 8.63. The van der Waals surface area contributed by atoms with Crippen LogP contribution >= 0.6 is 0 Å². The number of nitrogens with zero attached hydrogens (tertiary/aromatic N) is 2. The summed E-state index contributed by atoms with van der Waals surface area (Å²) in [4.78, 5) is 15.5. The highest BCUT2D eigenvalue weighted by Gasteiger charge is 2.17. The highest BCUT2D eigenvalue weighted by atomic mass is 19.1. The molecule has 4 nitrogen and oxygen atoms in total. The standard InChI is InChI=1S/C13H13FN2O2/c1-9(10-3-5-11(14)6-4-10)16-8-15-7-12(16)13(17)18-2/h3-9H,1-2H3/t9-/m1/s1. The molecule has 2 aromatic rings. The Kier molecular flexibility index (Phi) is 3.41. The highest BCUT2D eigenvalue weighted by Crippen LogP contribution is 2.20. The molecule has 2 rings (SSSR count). The van der Waals surface area contributed by atoms with Gasteiger partial charge in [-0.1, -0.05) is 12.1 Å². The van der Waals surface area contributed by atoms with Crippen LogP contribution in [0, 0.1) is 5.82 Å². The zero-order chi connectivity index (χ0) is 13.1. The van der Waals surface area contributed by atoms with Crippen LogP contribution in [0.5, 0.6) is 0 Å². The number of aromatic nitrogens is 2. The fourth-order valence-corrected chi connectivity index (χ4v) is 1.78. The van der Waals surface area contributed by atoms with Crippen molar-refractivity contribution in [2.45, 2.75) is 13.0 Å². The van der Waals surface area contributed by atoms with E-state index in [0.717, 1.165) is 5.56 Å². The zero-order valence-corrected chi connectivity index (χ0v) is 10.1. The Bertz CT molecular complexity index is 548.